The molecule has 2 fully saturated rings. The molecule has 0 saturated carbocycles. The van der Waals surface area contributed by atoms with Crippen LogP contribution in [0.2, 0.25) is 0 Å². The highest BCUT2D eigenvalue weighted by atomic mass is 16.5. The van der Waals surface area contributed by atoms with Crippen molar-refractivity contribution < 1.29 is 28.7 Å². The summed E-state index contributed by atoms with van der Waals surface area (Å²) in [6.07, 6.45) is 3.29. The fraction of sp³-hybridized carbons (Fsp3) is 0.357. The van der Waals surface area contributed by atoms with Gasteiger partial charge in [-0.15, -0.1) is 0 Å². The summed E-state index contributed by atoms with van der Waals surface area (Å²) in [4.78, 5) is 53.9. The summed E-state index contributed by atoms with van der Waals surface area (Å²) in [7, 11) is 0. The maximum atomic E-state index is 12.9. The molecule has 3 atom stereocenters. The first kappa shape index (κ1) is 23.8. The van der Waals surface area contributed by atoms with Gasteiger partial charge in [0.05, 0.1) is 30.0 Å². The molecule has 0 N–H and O–H groups in total. The van der Waals surface area contributed by atoms with Crippen LogP contribution in [-0.4, -0.2) is 36.8 Å². The lowest BCUT2D eigenvalue weighted by molar-refractivity contribution is -0.139. The summed E-state index contributed by atoms with van der Waals surface area (Å²) in [5, 5.41) is 0. The van der Waals surface area contributed by atoms with Gasteiger partial charge in [0.15, 0.2) is 0 Å². The van der Waals surface area contributed by atoms with Crippen LogP contribution in [0.5, 0.6) is 11.5 Å². The van der Waals surface area contributed by atoms with Crippen LogP contribution in [-0.2, 0) is 19.2 Å². The number of hydrogen-bond donors (Lipinski definition) is 0. The topological polar surface area (TPSA) is 93.2 Å². The fourth-order valence-corrected chi connectivity index (χ4v) is 5.16. The van der Waals surface area contributed by atoms with Crippen LogP contribution in [0.25, 0.3) is 0 Å². The Bertz CT molecular complexity index is 1230. The van der Waals surface area contributed by atoms with E-state index in [-0.39, 0.29) is 42.5 Å². The minimum absolute atomic E-state index is 0.0666. The minimum atomic E-state index is -0.593. The number of benzene rings is 2. The van der Waals surface area contributed by atoms with Crippen LogP contribution in [0.15, 0.2) is 60.2 Å². The molecule has 0 spiro atoms. The lowest BCUT2D eigenvalue weighted by atomic mass is 9.82. The molecule has 0 aromatic heterocycles. The fourth-order valence-electron chi connectivity index (χ4n) is 5.16. The second kappa shape index (κ2) is 9.60. The smallest absolute Gasteiger partial charge is 0.316 e. The molecule has 0 unspecified atom stereocenters. The van der Waals surface area contributed by atoms with Crippen molar-refractivity contribution in [2.75, 3.05) is 23.0 Å². The number of carbonyl (C=O) groups is 4. The van der Waals surface area contributed by atoms with Crippen molar-refractivity contribution in [3.63, 3.8) is 0 Å². The zero-order chi connectivity index (χ0) is 25.4. The number of rotatable bonds is 6. The van der Waals surface area contributed by atoms with Crippen molar-refractivity contribution in [1.29, 1.82) is 0 Å². The summed E-state index contributed by atoms with van der Waals surface area (Å²) < 4.78 is 11.0. The first-order chi connectivity index (χ1) is 17.4. The first-order valence-electron chi connectivity index (χ1n) is 12.2. The Labute approximate surface area is 209 Å². The van der Waals surface area contributed by atoms with E-state index in [1.54, 1.807) is 53.4 Å². The molecular formula is C28H28N2O6. The highest BCUT2D eigenvalue weighted by Gasteiger charge is 2.48. The number of nitrogens with zero attached hydrogens (tertiary/aromatic N) is 2. The van der Waals surface area contributed by atoms with Crippen molar-refractivity contribution in [3.05, 3.63) is 60.2 Å². The van der Waals surface area contributed by atoms with Crippen LogP contribution in [0.4, 0.5) is 11.4 Å². The van der Waals surface area contributed by atoms with Gasteiger partial charge >= 0.3 is 5.97 Å². The molecule has 0 bridgehead atoms. The molecular weight excluding hydrogens is 460 g/mol. The lowest BCUT2D eigenvalue weighted by Crippen LogP contribution is -2.30. The van der Waals surface area contributed by atoms with E-state index >= 15 is 0 Å². The third-order valence-electron chi connectivity index (χ3n) is 7.05. The molecule has 3 aliphatic rings. The average molecular weight is 489 g/mol. The summed E-state index contributed by atoms with van der Waals surface area (Å²) >= 11 is 0. The van der Waals surface area contributed by atoms with Crippen molar-refractivity contribution in [3.8, 4) is 11.5 Å². The Morgan fingerprint density at radius 3 is 2.22 bits per heavy atom. The number of esters is 1. The number of carbonyl (C=O) groups excluding carboxylic acids is 4. The Morgan fingerprint density at radius 1 is 0.889 bits per heavy atom. The number of amides is 3. The van der Waals surface area contributed by atoms with E-state index < -0.39 is 11.9 Å². The van der Waals surface area contributed by atoms with E-state index in [2.05, 4.69) is 0 Å². The SMILES string of the molecule is CCOc1ccc(N2C[C@H](C(=O)Oc3ccc(N4C(=O)[C@H]5CC=C(C)C[C@@H]5C4=O)cc3)CC2=O)cc1. The molecule has 2 aliphatic heterocycles. The normalized spacial score (nSPS) is 23.6. The van der Waals surface area contributed by atoms with Crippen LogP contribution in [0, 0.1) is 17.8 Å². The summed E-state index contributed by atoms with van der Waals surface area (Å²) in [5.41, 5.74) is 2.30. The average Bonchev–Trinajstić information content (AvgIpc) is 3.37. The van der Waals surface area contributed by atoms with Gasteiger partial charge < -0.3 is 14.4 Å². The maximum Gasteiger partial charge on any atom is 0.316 e. The number of ether oxygens (including phenoxy) is 2. The third kappa shape index (κ3) is 4.39. The molecule has 36 heavy (non-hydrogen) atoms. The van der Waals surface area contributed by atoms with E-state index in [1.165, 1.54) is 4.90 Å². The van der Waals surface area contributed by atoms with E-state index in [1.807, 2.05) is 19.9 Å². The zero-order valence-corrected chi connectivity index (χ0v) is 20.3. The van der Waals surface area contributed by atoms with Gasteiger partial charge in [-0.05, 0) is 75.2 Å². The van der Waals surface area contributed by atoms with Crippen LogP contribution in [0.3, 0.4) is 0 Å². The van der Waals surface area contributed by atoms with Crippen molar-refractivity contribution in [2.45, 2.75) is 33.1 Å². The van der Waals surface area contributed by atoms with Gasteiger partial charge in [0.2, 0.25) is 17.7 Å². The molecule has 8 heteroatoms. The number of imide groups is 1. The predicted molar refractivity (Wildman–Crippen MR) is 133 cm³/mol. The summed E-state index contributed by atoms with van der Waals surface area (Å²) in [5.74, 6) is -1.20. The predicted octanol–water partition coefficient (Wildman–Crippen LogP) is 3.89. The second-order valence-corrected chi connectivity index (χ2v) is 9.46. The Hall–Kier alpha value is -3.94. The number of hydrogen-bond acceptors (Lipinski definition) is 6. The molecule has 2 aromatic carbocycles. The minimum Gasteiger partial charge on any atom is -0.494 e. The second-order valence-electron chi connectivity index (χ2n) is 9.46. The van der Waals surface area contributed by atoms with Gasteiger partial charge in [-0.25, -0.2) is 0 Å². The van der Waals surface area contributed by atoms with Crippen molar-refractivity contribution in [1.82, 2.24) is 0 Å². The largest absolute Gasteiger partial charge is 0.494 e. The van der Waals surface area contributed by atoms with E-state index in [0.29, 0.717) is 36.6 Å². The van der Waals surface area contributed by atoms with Crippen LogP contribution < -0.4 is 19.3 Å². The Balaban J connectivity index is 1.22. The van der Waals surface area contributed by atoms with E-state index in [4.69, 9.17) is 9.47 Å². The standard InChI is InChI=1S/C28H28N2O6/c1-3-35-21-9-5-19(6-10-21)29-16-18(15-25(29)31)28(34)36-22-11-7-20(8-12-22)30-26(32)23-13-4-17(2)14-24(23)27(30)33/h4-12,18,23-24H,3,13-16H2,1-2H3/t18-,23+,24+/m1/s1. The number of anilines is 2. The molecule has 2 saturated heterocycles. The third-order valence-corrected chi connectivity index (χ3v) is 7.05. The Kier molecular flexibility index (Phi) is 6.35. The molecule has 5 rings (SSSR count). The molecule has 0 radical (unpaired) electrons. The van der Waals surface area contributed by atoms with Crippen LogP contribution in [0.1, 0.15) is 33.1 Å². The molecule has 2 heterocycles. The maximum absolute atomic E-state index is 12.9. The summed E-state index contributed by atoms with van der Waals surface area (Å²) in [6.45, 7) is 4.67. The molecule has 8 nitrogen and oxygen atoms in total. The van der Waals surface area contributed by atoms with Gasteiger partial charge in [-0.3, -0.25) is 24.1 Å². The van der Waals surface area contributed by atoms with Gasteiger partial charge in [0, 0.05) is 18.7 Å². The quantitative estimate of drug-likeness (QED) is 0.265. The van der Waals surface area contributed by atoms with Gasteiger partial charge in [0.25, 0.3) is 0 Å². The first-order valence-corrected chi connectivity index (χ1v) is 12.2. The molecule has 186 valence electrons. The number of fused-ring (bicyclic) bond motifs is 1. The van der Waals surface area contributed by atoms with Crippen LogP contribution >= 0.6 is 0 Å². The van der Waals surface area contributed by atoms with E-state index in [0.717, 1.165) is 11.3 Å². The lowest BCUT2D eigenvalue weighted by Gasteiger charge is -2.18. The summed E-state index contributed by atoms with van der Waals surface area (Å²) in [6, 6.07) is 13.5. The monoisotopic (exact) mass is 488 g/mol. The van der Waals surface area contributed by atoms with Crippen molar-refractivity contribution >= 4 is 35.1 Å². The van der Waals surface area contributed by atoms with Gasteiger partial charge in [0.1, 0.15) is 11.5 Å². The molecule has 3 amide bonds. The highest BCUT2D eigenvalue weighted by Crippen LogP contribution is 2.40. The molecule has 1 aliphatic carbocycles. The highest BCUT2D eigenvalue weighted by molar-refractivity contribution is 6.22. The van der Waals surface area contributed by atoms with E-state index in [9.17, 15) is 19.2 Å². The van der Waals surface area contributed by atoms with Crippen molar-refractivity contribution in [2.24, 2.45) is 17.8 Å². The zero-order valence-electron chi connectivity index (χ0n) is 20.3. The number of allylic oxidation sites excluding steroid dienone is 2. The van der Waals surface area contributed by atoms with Gasteiger partial charge in [-0.1, -0.05) is 11.6 Å². The molecule has 2 aromatic rings. The Morgan fingerprint density at radius 2 is 1.53 bits per heavy atom. The van der Waals surface area contributed by atoms with Gasteiger partial charge in [-0.2, -0.15) is 0 Å².